The molecule has 0 bridgehead atoms. The highest BCUT2D eigenvalue weighted by Crippen LogP contribution is 2.22. The van der Waals surface area contributed by atoms with Gasteiger partial charge in [-0.25, -0.2) is 18.6 Å². The zero-order valence-corrected chi connectivity index (χ0v) is 11.9. The predicted octanol–water partition coefficient (Wildman–Crippen LogP) is 3.50. The lowest BCUT2D eigenvalue weighted by Crippen LogP contribution is -2.03. The van der Waals surface area contributed by atoms with Gasteiger partial charge in [-0.1, -0.05) is 0 Å². The van der Waals surface area contributed by atoms with Gasteiger partial charge in [0.25, 0.3) is 0 Å². The van der Waals surface area contributed by atoms with Crippen molar-refractivity contribution in [3.05, 3.63) is 51.0 Å². The molecule has 0 aliphatic heterocycles. The summed E-state index contributed by atoms with van der Waals surface area (Å²) in [6.45, 7) is 3.73. The lowest BCUT2D eigenvalue weighted by molar-refractivity contribution is 0.0531. The zero-order chi connectivity index (χ0) is 14.7. The maximum absolute atomic E-state index is 13.1. The molecule has 1 aromatic heterocycles. The van der Waals surface area contributed by atoms with E-state index in [0.29, 0.717) is 27.7 Å². The fraction of sp³-hybridized carbons (Fsp3) is 0.286. The van der Waals surface area contributed by atoms with Gasteiger partial charge < -0.3 is 4.74 Å². The molecule has 0 spiro atoms. The molecule has 2 aromatic rings. The number of hydrogen-bond donors (Lipinski definition) is 0. The van der Waals surface area contributed by atoms with E-state index < -0.39 is 17.6 Å². The van der Waals surface area contributed by atoms with E-state index in [-0.39, 0.29) is 6.42 Å². The summed E-state index contributed by atoms with van der Waals surface area (Å²) in [4.78, 5) is 16.3. The standard InChI is InChI=1S/C14H13F2NO2S/c1-3-19-14(18)13-8(2)17-12(20-13)6-9-4-10(15)7-11(16)5-9/h4-5,7H,3,6H2,1-2H3. The number of aromatic nitrogens is 1. The van der Waals surface area contributed by atoms with Crippen molar-refractivity contribution in [1.29, 1.82) is 0 Å². The monoisotopic (exact) mass is 297 g/mol. The molecule has 3 nitrogen and oxygen atoms in total. The van der Waals surface area contributed by atoms with Gasteiger partial charge in [-0.15, -0.1) is 11.3 Å². The van der Waals surface area contributed by atoms with Crippen LogP contribution in [0, 0.1) is 18.6 Å². The summed E-state index contributed by atoms with van der Waals surface area (Å²) in [5, 5.41) is 0.621. The van der Waals surface area contributed by atoms with Crippen molar-refractivity contribution >= 4 is 17.3 Å². The number of halogens is 2. The van der Waals surface area contributed by atoms with Crippen LogP contribution >= 0.6 is 11.3 Å². The normalized spacial score (nSPS) is 10.6. The number of carbonyl (C=O) groups is 1. The largest absolute Gasteiger partial charge is 0.462 e. The molecule has 1 aromatic carbocycles. The number of benzene rings is 1. The second kappa shape index (κ2) is 6.09. The molecule has 20 heavy (non-hydrogen) atoms. The SMILES string of the molecule is CCOC(=O)c1sc(Cc2cc(F)cc(F)c2)nc1C. The Hall–Kier alpha value is -1.82. The van der Waals surface area contributed by atoms with Crippen molar-refractivity contribution in [1.82, 2.24) is 4.98 Å². The number of ether oxygens (including phenoxy) is 1. The van der Waals surface area contributed by atoms with Crippen LogP contribution in [0.4, 0.5) is 8.78 Å². The first kappa shape index (κ1) is 14.6. The highest BCUT2D eigenvalue weighted by molar-refractivity contribution is 7.13. The topological polar surface area (TPSA) is 39.2 Å². The first-order valence-corrected chi connectivity index (χ1v) is 6.89. The maximum atomic E-state index is 13.1. The molecule has 0 radical (unpaired) electrons. The fourth-order valence-corrected chi connectivity index (χ4v) is 2.79. The lowest BCUT2D eigenvalue weighted by Gasteiger charge is -1.99. The molecule has 106 valence electrons. The third-order valence-corrected chi connectivity index (χ3v) is 3.72. The Balaban J connectivity index is 2.22. The summed E-state index contributed by atoms with van der Waals surface area (Å²) >= 11 is 1.18. The lowest BCUT2D eigenvalue weighted by atomic mass is 10.1. The molecule has 2 rings (SSSR count). The number of thiazole rings is 1. The van der Waals surface area contributed by atoms with E-state index in [2.05, 4.69) is 4.98 Å². The van der Waals surface area contributed by atoms with Crippen LogP contribution in [-0.2, 0) is 11.2 Å². The molecular weight excluding hydrogens is 284 g/mol. The minimum Gasteiger partial charge on any atom is -0.462 e. The molecule has 0 fully saturated rings. The molecule has 6 heteroatoms. The quantitative estimate of drug-likeness (QED) is 0.811. The molecular formula is C14H13F2NO2S. The third kappa shape index (κ3) is 3.39. The number of carbonyl (C=O) groups excluding carboxylic acids is 1. The number of nitrogens with zero attached hydrogens (tertiary/aromatic N) is 1. The average Bonchev–Trinajstić information content (AvgIpc) is 2.69. The molecule has 0 saturated heterocycles. The summed E-state index contributed by atoms with van der Waals surface area (Å²) in [5.74, 6) is -1.67. The van der Waals surface area contributed by atoms with Gasteiger partial charge in [0.2, 0.25) is 0 Å². The molecule has 0 N–H and O–H groups in total. The van der Waals surface area contributed by atoms with Gasteiger partial charge in [-0.3, -0.25) is 0 Å². The van der Waals surface area contributed by atoms with Gasteiger partial charge in [-0.2, -0.15) is 0 Å². The zero-order valence-electron chi connectivity index (χ0n) is 11.1. The van der Waals surface area contributed by atoms with E-state index in [1.807, 2.05) is 0 Å². The molecule has 0 aliphatic carbocycles. The Morgan fingerprint density at radius 3 is 2.55 bits per heavy atom. The molecule has 0 amide bonds. The van der Waals surface area contributed by atoms with E-state index in [4.69, 9.17) is 4.74 Å². The number of esters is 1. The Kier molecular flexibility index (Phi) is 4.44. The minimum absolute atomic E-state index is 0.277. The maximum Gasteiger partial charge on any atom is 0.350 e. The third-order valence-electron chi connectivity index (χ3n) is 2.58. The van der Waals surface area contributed by atoms with E-state index >= 15 is 0 Å². The number of hydrogen-bond acceptors (Lipinski definition) is 4. The smallest absolute Gasteiger partial charge is 0.350 e. The number of rotatable bonds is 4. The van der Waals surface area contributed by atoms with E-state index in [1.165, 1.54) is 23.5 Å². The number of aryl methyl sites for hydroxylation is 1. The van der Waals surface area contributed by atoms with E-state index in [9.17, 15) is 13.6 Å². The summed E-state index contributed by atoms with van der Waals surface area (Å²) in [7, 11) is 0. The van der Waals surface area contributed by atoms with Crippen LogP contribution in [0.1, 0.15) is 32.9 Å². The first-order valence-electron chi connectivity index (χ1n) is 6.08. The van der Waals surface area contributed by atoms with Crippen LogP contribution in [0.3, 0.4) is 0 Å². The van der Waals surface area contributed by atoms with Crippen molar-refractivity contribution in [2.24, 2.45) is 0 Å². The van der Waals surface area contributed by atoms with Crippen molar-refractivity contribution < 1.29 is 18.3 Å². The Bertz CT molecular complexity index is 620. The summed E-state index contributed by atoms with van der Waals surface area (Å²) in [5.41, 5.74) is 1.05. The van der Waals surface area contributed by atoms with Gasteiger partial charge in [-0.05, 0) is 31.5 Å². The van der Waals surface area contributed by atoms with Crippen LogP contribution < -0.4 is 0 Å². The van der Waals surface area contributed by atoms with Crippen molar-refractivity contribution in [3.8, 4) is 0 Å². The van der Waals surface area contributed by atoms with Gasteiger partial charge >= 0.3 is 5.97 Å². The highest BCUT2D eigenvalue weighted by atomic mass is 32.1. The van der Waals surface area contributed by atoms with Crippen LogP contribution in [0.5, 0.6) is 0 Å². The Morgan fingerprint density at radius 1 is 1.30 bits per heavy atom. The van der Waals surface area contributed by atoms with Gasteiger partial charge in [0, 0.05) is 12.5 Å². The molecule has 0 unspecified atom stereocenters. The second-order valence-electron chi connectivity index (χ2n) is 4.20. The highest BCUT2D eigenvalue weighted by Gasteiger charge is 2.16. The molecule has 0 saturated carbocycles. The summed E-state index contributed by atoms with van der Waals surface area (Å²) < 4.78 is 31.1. The van der Waals surface area contributed by atoms with E-state index in [1.54, 1.807) is 13.8 Å². The minimum atomic E-state index is -0.626. The molecule has 1 heterocycles. The molecule has 0 aliphatic rings. The van der Waals surface area contributed by atoms with Gasteiger partial charge in [0.15, 0.2) is 0 Å². The fourth-order valence-electron chi connectivity index (χ4n) is 1.80. The summed E-state index contributed by atoms with van der Waals surface area (Å²) in [6, 6.07) is 3.33. The molecule has 0 atom stereocenters. The first-order chi connectivity index (χ1) is 9.49. The van der Waals surface area contributed by atoms with Crippen molar-refractivity contribution in [2.45, 2.75) is 20.3 Å². The van der Waals surface area contributed by atoms with Crippen molar-refractivity contribution in [3.63, 3.8) is 0 Å². The van der Waals surface area contributed by atoms with Crippen LogP contribution in [-0.4, -0.2) is 17.6 Å². The van der Waals surface area contributed by atoms with Crippen LogP contribution in [0.15, 0.2) is 18.2 Å². The van der Waals surface area contributed by atoms with Gasteiger partial charge in [0.05, 0.1) is 17.3 Å². The average molecular weight is 297 g/mol. The van der Waals surface area contributed by atoms with Crippen molar-refractivity contribution in [2.75, 3.05) is 6.61 Å². The van der Waals surface area contributed by atoms with Crippen LogP contribution in [0.2, 0.25) is 0 Å². The Labute approximate surface area is 119 Å². The Morgan fingerprint density at radius 2 is 1.95 bits per heavy atom. The predicted molar refractivity (Wildman–Crippen MR) is 72.0 cm³/mol. The second-order valence-corrected chi connectivity index (χ2v) is 5.28. The van der Waals surface area contributed by atoms with Gasteiger partial charge in [0.1, 0.15) is 16.5 Å². The van der Waals surface area contributed by atoms with E-state index in [0.717, 1.165) is 6.07 Å². The van der Waals surface area contributed by atoms with Crippen LogP contribution in [0.25, 0.3) is 0 Å². The summed E-state index contributed by atoms with van der Waals surface area (Å²) in [6.07, 6.45) is 0.277.